The Balaban J connectivity index is 2.71. The molecule has 0 spiro atoms. The molecule has 0 unspecified atom stereocenters. The first-order valence-electron chi connectivity index (χ1n) is 8.03. The van der Waals surface area contributed by atoms with E-state index in [1.54, 1.807) is 0 Å². The van der Waals surface area contributed by atoms with Gasteiger partial charge in [0.2, 0.25) is 0 Å². The molecule has 0 aromatic rings. The second-order valence-electron chi connectivity index (χ2n) is 7.16. The number of hydrogen-bond acceptors (Lipinski definition) is 2. The molecular formula is C17H32O2. The Bertz CT molecular complexity index is 280. The molecule has 2 nitrogen and oxygen atoms in total. The van der Waals surface area contributed by atoms with Crippen LogP contribution in [0.5, 0.6) is 0 Å². The quantitative estimate of drug-likeness (QED) is 0.694. The van der Waals surface area contributed by atoms with Crippen LogP contribution in [-0.2, 0) is 9.53 Å². The molecule has 0 aromatic heterocycles. The van der Waals surface area contributed by atoms with Crippen LogP contribution >= 0.6 is 0 Å². The van der Waals surface area contributed by atoms with Crippen LogP contribution in [0.2, 0.25) is 0 Å². The van der Waals surface area contributed by atoms with Gasteiger partial charge in [0.1, 0.15) is 5.60 Å². The van der Waals surface area contributed by atoms with Crippen molar-refractivity contribution < 1.29 is 9.53 Å². The number of carbonyl (C=O) groups excluding carboxylic acids is 1. The van der Waals surface area contributed by atoms with E-state index >= 15 is 0 Å². The highest BCUT2D eigenvalue weighted by molar-refractivity contribution is 5.87. The van der Waals surface area contributed by atoms with Crippen LogP contribution in [0.3, 0.4) is 0 Å². The van der Waals surface area contributed by atoms with Gasteiger partial charge in [0.15, 0.2) is 5.78 Å². The topological polar surface area (TPSA) is 26.3 Å². The average molecular weight is 268 g/mol. The summed E-state index contributed by atoms with van der Waals surface area (Å²) >= 11 is 0. The minimum atomic E-state index is -0.451. The molecule has 0 heterocycles. The summed E-state index contributed by atoms with van der Waals surface area (Å²) in [4.78, 5) is 12.5. The van der Waals surface area contributed by atoms with Gasteiger partial charge in [-0.1, -0.05) is 34.6 Å². The monoisotopic (exact) mass is 268 g/mol. The third-order valence-corrected chi connectivity index (χ3v) is 4.59. The molecule has 0 bridgehead atoms. The molecule has 0 atom stereocenters. The summed E-state index contributed by atoms with van der Waals surface area (Å²) in [6, 6.07) is 0. The van der Waals surface area contributed by atoms with Crippen LogP contribution in [0.4, 0.5) is 0 Å². The first-order valence-corrected chi connectivity index (χ1v) is 8.03. The second-order valence-corrected chi connectivity index (χ2v) is 7.16. The molecule has 0 aliphatic heterocycles. The lowest BCUT2D eigenvalue weighted by atomic mass is 9.67. The summed E-state index contributed by atoms with van der Waals surface area (Å²) in [6.45, 7) is 11.8. The van der Waals surface area contributed by atoms with Crippen molar-refractivity contribution in [2.75, 3.05) is 6.61 Å². The molecule has 1 aliphatic carbocycles. The SMILES string of the molecule is CCCOC1(C(=O)CCC)CCC(C(C)(C)C)CC1. The first kappa shape index (κ1) is 16.7. The molecule has 19 heavy (non-hydrogen) atoms. The van der Waals surface area contributed by atoms with Gasteiger partial charge in [-0.05, 0) is 49.9 Å². The summed E-state index contributed by atoms with van der Waals surface area (Å²) in [6.07, 6.45) is 6.69. The third kappa shape index (κ3) is 4.30. The van der Waals surface area contributed by atoms with Gasteiger partial charge in [-0.15, -0.1) is 0 Å². The zero-order chi connectivity index (χ0) is 14.5. The van der Waals surface area contributed by atoms with E-state index in [-0.39, 0.29) is 0 Å². The van der Waals surface area contributed by atoms with E-state index in [2.05, 4.69) is 34.6 Å². The highest BCUT2D eigenvalue weighted by Gasteiger charge is 2.43. The maximum absolute atomic E-state index is 12.5. The lowest BCUT2D eigenvalue weighted by molar-refractivity contribution is -0.152. The maximum Gasteiger partial charge on any atom is 0.164 e. The minimum absolute atomic E-state index is 0.343. The summed E-state index contributed by atoms with van der Waals surface area (Å²) in [7, 11) is 0. The van der Waals surface area contributed by atoms with Crippen LogP contribution in [0.25, 0.3) is 0 Å². The molecule has 1 aliphatic rings. The van der Waals surface area contributed by atoms with Gasteiger partial charge in [0.05, 0.1) is 0 Å². The molecule has 0 aromatic carbocycles. The smallest absolute Gasteiger partial charge is 0.164 e. The molecule has 1 fully saturated rings. The fraction of sp³-hybridized carbons (Fsp3) is 0.941. The molecular weight excluding hydrogens is 236 g/mol. The molecule has 0 N–H and O–H groups in total. The Kier molecular flexibility index (Phi) is 6.04. The molecule has 1 rings (SSSR count). The van der Waals surface area contributed by atoms with Gasteiger partial charge in [-0.25, -0.2) is 0 Å². The van der Waals surface area contributed by atoms with Crippen molar-refractivity contribution in [2.24, 2.45) is 11.3 Å². The van der Waals surface area contributed by atoms with Gasteiger partial charge in [0, 0.05) is 13.0 Å². The highest BCUT2D eigenvalue weighted by atomic mass is 16.5. The summed E-state index contributed by atoms with van der Waals surface area (Å²) in [5, 5.41) is 0. The number of Topliss-reactive ketones (excluding diaryl/α,β-unsaturated/α-hetero) is 1. The van der Waals surface area contributed by atoms with E-state index in [0.717, 1.165) is 51.0 Å². The zero-order valence-electron chi connectivity index (χ0n) is 13.6. The first-order chi connectivity index (χ1) is 8.85. The van der Waals surface area contributed by atoms with E-state index in [4.69, 9.17) is 4.74 Å². The van der Waals surface area contributed by atoms with Crippen molar-refractivity contribution in [3.8, 4) is 0 Å². The number of carbonyl (C=O) groups is 1. The largest absolute Gasteiger partial charge is 0.367 e. The van der Waals surface area contributed by atoms with Crippen molar-refractivity contribution in [1.29, 1.82) is 0 Å². The fourth-order valence-electron chi connectivity index (χ4n) is 3.21. The van der Waals surface area contributed by atoms with Gasteiger partial charge in [-0.2, -0.15) is 0 Å². The van der Waals surface area contributed by atoms with Crippen LogP contribution in [0.15, 0.2) is 0 Å². The predicted molar refractivity (Wildman–Crippen MR) is 80.3 cm³/mol. The van der Waals surface area contributed by atoms with E-state index in [1.807, 2.05) is 0 Å². The van der Waals surface area contributed by atoms with E-state index < -0.39 is 5.60 Å². The van der Waals surface area contributed by atoms with Crippen molar-refractivity contribution in [3.63, 3.8) is 0 Å². The van der Waals surface area contributed by atoms with Gasteiger partial charge in [-0.3, -0.25) is 4.79 Å². The minimum Gasteiger partial charge on any atom is -0.367 e. The molecule has 1 saturated carbocycles. The van der Waals surface area contributed by atoms with Gasteiger partial charge >= 0.3 is 0 Å². The number of hydrogen-bond donors (Lipinski definition) is 0. The predicted octanol–water partition coefficient (Wildman–Crippen LogP) is 4.76. The number of ether oxygens (including phenoxy) is 1. The fourth-order valence-corrected chi connectivity index (χ4v) is 3.21. The normalized spacial score (nSPS) is 28.4. The third-order valence-electron chi connectivity index (χ3n) is 4.59. The van der Waals surface area contributed by atoms with Crippen LogP contribution in [0.1, 0.15) is 79.6 Å². The molecule has 0 radical (unpaired) electrons. The van der Waals surface area contributed by atoms with Crippen molar-refractivity contribution in [3.05, 3.63) is 0 Å². The lowest BCUT2D eigenvalue weighted by Crippen LogP contribution is -2.46. The van der Waals surface area contributed by atoms with Crippen LogP contribution < -0.4 is 0 Å². The maximum atomic E-state index is 12.5. The summed E-state index contributed by atoms with van der Waals surface area (Å²) in [5.74, 6) is 1.07. The Morgan fingerprint density at radius 2 is 1.74 bits per heavy atom. The summed E-state index contributed by atoms with van der Waals surface area (Å²) < 4.78 is 6.05. The summed E-state index contributed by atoms with van der Waals surface area (Å²) in [5.41, 5.74) is -0.0987. The molecule has 112 valence electrons. The highest BCUT2D eigenvalue weighted by Crippen LogP contribution is 2.43. The van der Waals surface area contributed by atoms with E-state index in [9.17, 15) is 4.79 Å². The molecule has 2 heteroatoms. The standard InChI is InChI=1S/C17H32O2/c1-6-8-15(18)17(19-13-7-2)11-9-14(10-12-17)16(3,4)5/h14H,6-13H2,1-5H3. The Morgan fingerprint density at radius 1 is 1.16 bits per heavy atom. The van der Waals surface area contributed by atoms with Gasteiger partial charge in [0.25, 0.3) is 0 Å². The Labute approximate surface area is 119 Å². The Morgan fingerprint density at radius 3 is 2.16 bits per heavy atom. The van der Waals surface area contributed by atoms with Crippen molar-refractivity contribution in [2.45, 2.75) is 85.2 Å². The Hall–Kier alpha value is -0.370. The number of rotatable bonds is 6. The number of ketones is 1. The second kappa shape index (κ2) is 6.88. The van der Waals surface area contributed by atoms with Gasteiger partial charge < -0.3 is 4.74 Å². The van der Waals surface area contributed by atoms with E-state index in [0.29, 0.717) is 17.6 Å². The van der Waals surface area contributed by atoms with Crippen molar-refractivity contribution >= 4 is 5.78 Å². The molecule has 0 saturated heterocycles. The zero-order valence-corrected chi connectivity index (χ0v) is 13.6. The van der Waals surface area contributed by atoms with Crippen LogP contribution in [-0.4, -0.2) is 18.0 Å². The lowest BCUT2D eigenvalue weighted by Gasteiger charge is -2.43. The van der Waals surface area contributed by atoms with E-state index in [1.165, 1.54) is 0 Å². The average Bonchev–Trinajstić information content (AvgIpc) is 2.36. The molecule has 0 amide bonds. The van der Waals surface area contributed by atoms with Crippen LogP contribution in [0, 0.1) is 11.3 Å². The van der Waals surface area contributed by atoms with Crippen molar-refractivity contribution in [1.82, 2.24) is 0 Å².